The van der Waals surface area contributed by atoms with Crippen molar-refractivity contribution < 1.29 is 4.52 Å². The molecule has 1 N–H and O–H groups in total. The Morgan fingerprint density at radius 3 is 2.81 bits per heavy atom. The molecular weight excluding hydrogens is 286 g/mol. The molecule has 5 heteroatoms. The van der Waals surface area contributed by atoms with Crippen LogP contribution in [0.3, 0.4) is 0 Å². The Morgan fingerprint density at radius 2 is 2.10 bits per heavy atom. The van der Waals surface area contributed by atoms with Gasteiger partial charge in [-0.3, -0.25) is 0 Å². The topological polar surface area (TPSA) is 51.0 Å². The Hall–Kier alpha value is -1.39. The second-order valence-electron chi connectivity index (χ2n) is 6.33. The van der Waals surface area contributed by atoms with Gasteiger partial charge in [0.05, 0.1) is 6.04 Å². The van der Waals surface area contributed by atoms with Gasteiger partial charge in [0.2, 0.25) is 5.89 Å². The van der Waals surface area contributed by atoms with Crippen LogP contribution in [-0.4, -0.2) is 16.7 Å². The van der Waals surface area contributed by atoms with E-state index in [1.807, 2.05) is 24.3 Å². The first-order valence-electron chi connectivity index (χ1n) is 7.35. The molecule has 1 atom stereocenters. The maximum absolute atomic E-state index is 5.89. The molecule has 0 spiro atoms. The number of rotatable bonds is 3. The zero-order chi connectivity index (χ0) is 14.9. The summed E-state index contributed by atoms with van der Waals surface area (Å²) in [6.07, 6.45) is 3.02. The van der Waals surface area contributed by atoms with Crippen molar-refractivity contribution in [1.82, 2.24) is 15.5 Å². The predicted octanol–water partition coefficient (Wildman–Crippen LogP) is 3.76. The van der Waals surface area contributed by atoms with Gasteiger partial charge in [-0.15, -0.1) is 0 Å². The fourth-order valence-corrected chi connectivity index (χ4v) is 3.00. The van der Waals surface area contributed by atoms with E-state index in [4.69, 9.17) is 16.1 Å². The van der Waals surface area contributed by atoms with Crippen LogP contribution in [0.4, 0.5) is 0 Å². The highest BCUT2D eigenvalue weighted by atomic mass is 35.5. The molecule has 1 aliphatic heterocycles. The van der Waals surface area contributed by atoms with Crippen LogP contribution in [0.5, 0.6) is 0 Å². The highest BCUT2D eigenvalue weighted by Crippen LogP contribution is 2.39. The van der Waals surface area contributed by atoms with E-state index in [2.05, 4.69) is 29.3 Å². The molecule has 112 valence electrons. The van der Waals surface area contributed by atoms with Crippen molar-refractivity contribution in [3.63, 3.8) is 0 Å². The van der Waals surface area contributed by atoms with Crippen LogP contribution in [0, 0.1) is 5.41 Å². The Morgan fingerprint density at radius 1 is 1.33 bits per heavy atom. The van der Waals surface area contributed by atoms with Crippen LogP contribution in [0.2, 0.25) is 5.02 Å². The second-order valence-corrected chi connectivity index (χ2v) is 6.77. The monoisotopic (exact) mass is 305 g/mol. The van der Waals surface area contributed by atoms with Gasteiger partial charge >= 0.3 is 0 Å². The van der Waals surface area contributed by atoms with Gasteiger partial charge < -0.3 is 9.84 Å². The van der Waals surface area contributed by atoms with Crippen molar-refractivity contribution in [2.24, 2.45) is 5.41 Å². The summed E-state index contributed by atoms with van der Waals surface area (Å²) < 4.78 is 5.49. The largest absolute Gasteiger partial charge is 0.338 e. The summed E-state index contributed by atoms with van der Waals surface area (Å²) >= 11 is 5.89. The maximum atomic E-state index is 5.89. The minimum atomic E-state index is 0.137. The maximum Gasteiger partial charge on any atom is 0.244 e. The van der Waals surface area contributed by atoms with E-state index in [-0.39, 0.29) is 11.5 Å². The molecule has 1 aromatic heterocycles. The molecular formula is C16H20ClN3O. The van der Waals surface area contributed by atoms with Crippen molar-refractivity contribution in [3.8, 4) is 0 Å². The minimum Gasteiger partial charge on any atom is -0.338 e. The predicted molar refractivity (Wildman–Crippen MR) is 82.3 cm³/mol. The fraction of sp³-hybridized carbons (Fsp3) is 0.500. The zero-order valence-corrected chi connectivity index (χ0v) is 13.2. The van der Waals surface area contributed by atoms with E-state index in [1.165, 1.54) is 12.8 Å². The second kappa shape index (κ2) is 5.78. The molecule has 1 aliphatic rings. The van der Waals surface area contributed by atoms with E-state index in [1.54, 1.807) is 0 Å². The lowest BCUT2D eigenvalue weighted by Gasteiger charge is -2.36. The van der Waals surface area contributed by atoms with Crippen LogP contribution in [0.15, 0.2) is 28.8 Å². The molecule has 0 saturated carbocycles. The van der Waals surface area contributed by atoms with Crippen molar-refractivity contribution in [3.05, 3.63) is 46.6 Å². The van der Waals surface area contributed by atoms with E-state index in [9.17, 15) is 0 Å². The van der Waals surface area contributed by atoms with Gasteiger partial charge in [-0.2, -0.15) is 4.98 Å². The summed E-state index contributed by atoms with van der Waals surface area (Å²) in [5.74, 6) is 1.42. The van der Waals surface area contributed by atoms with E-state index < -0.39 is 0 Å². The third kappa shape index (κ3) is 3.27. The van der Waals surface area contributed by atoms with Gasteiger partial charge in [0.25, 0.3) is 0 Å². The Kier molecular flexibility index (Phi) is 4.00. The highest BCUT2D eigenvalue weighted by Gasteiger charge is 2.36. The normalized spacial score (nSPS) is 21.4. The minimum absolute atomic E-state index is 0.137. The molecule has 0 aliphatic carbocycles. The molecule has 2 heterocycles. The molecule has 1 aromatic carbocycles. The molecule has 21 heavy (non-hydrogen) atoms. The number of hydrogen-bond donors (Lipinski definition) is 1. The van der Waals surface area contributed by atoms with Crippen molar-refractivity contribution in [2.75, 3.05) is 6.54 Å². The Labute approximate surface area is 129 Å². The number of hydrogen-bond acceptors (Lipinski definition) is 4. The van der Waals surface area contributed by atoms with Crippen molar-refractivity contribution >= 4 is 11.6 Å². The molecule has 4 nitrogen and oxygen atoms in total. The molecule has 1 saturated heterocycles. The summed E-state index contributed by atoms with van der Waals surface area (Å²) in [6.45, 7) is 5.49. The molecule has 2 aromatic rings. The lowest BCUT2D eigenvalue weighted by molar-refractivity contribution is 0.146. The quantitative estimate of drug-likeness (QED) is 0.938. The van der Waals surface area contributed by atoms with Gasteiger partial charge in [-0.05, 0) is 42.5 Å². The first kappa shape index (κ1) is 14.5. The SMILES string of the molecule is CC1(C)CCCNC1c1nc(Cc2ccc(Cl)cc2)no1. The molecule has 0 amide bonds. The first-order valence-corrected chi connectivity index (χ1v) is 7.73. The summed E-state index contributed by atoms with van der Waals surface area (Å²) in [7, 11) is 0. The number of benzene rings is 1. The lowest BCUT2D eigenvalue weighted by atomic mass is 9.77. The van der Waals surface area contributed by atoms with Crippen LogP contribution in [0.25, 0.3) is 0 Å². The smallest absolute Gasteiger partial charge is 0.244 e. The average molecular weight is 306 g/mol. The van der Waals surface area contributed by atoms with Crippen molar-refractivity contribution in [2.45, 2.75) is 39.2 Å². The third-order valence-electron chi connectivity index (χ3n) is 4.13. The fourth-order valence-electron chi connectivity index (χ4n) is 2.87. The number of halogens is 1. The Balaban J connectivity index is 1.75. The molecule has 0 radical (unpaired) electrons. The number of nitrogens with zero attached hydrogens (tertiary/aromatic N) is 2. The third-order valence-corrected chi connectivity index (χ3v) is 4.39. The van der Waals surface area contributed by atoms with Gasteiger partial charge in [0.15, 0.2) is 5.82 Å². The van der Waals surface area contributed by atoms with Crippen LogP contribution < -0.4 is 5.32 Å². The van der Waals surface area contributed by atoms with Gasteiger partial charge in [0.1, 0.15) is 0 Å². The van der Waals surface area contributed by atoms with Gasteiger partial charge in [0, 0.05) is 11.4 Å². The number of nitrogens with one attached hydrogen (secondary N) is 1. The average Bonchev–Trinajstić information content (AvgIpc) is 2.89. The van der Waals surface area contributed by atoms with Gasteiger partial charge in [-0.25, -0.2) is 0 Å². The highest BCUT2D eigenvalue weighted by molar-refractivity contribution is 6.30. The van der Waals surface area contributed by atoms with Gasteiger partial charge in [-0.1, -0.05) is 42.7 Å². The van der Waals surface area contributed by atoms with Crippen LogP contribution in [0.1, 0.15) is 50.0 Å². The summed E-state index contributed by atoms with van der Waals surface area (Å²) in [5.41, 5.74) is 1.27. The number of aromatic nitrogens is 2. The Bertz CT molecular complexity index is 606. The summed E-state index contributed by atoms with van der Waals surface area (Å²) in [5, 5.41) is 8.35. The molecule has 1 unspecified atom stereocenters. The molecule has 1 fully saturated rings. The first-order chi connectivity index (χ1) is 10.0. The molecule has 0 bridgehead atoms. The van der Waals surface area contributed by atoms with Crippen LogP contribution >= 0.6 is 11.6 Å². The summed E-state index contributed by atoms with van der Waals surface area (Å²) in [6, 6.07) is 7.87. The van der Waals surface area contributed by atoms with E-state index >= 15 is 0 Å². The molecule has 3 rings (SSSR count). The summed E-state index contributed by atoms with van der Waals surface area (Å²) in [4.78, 5) is 4.57. The lowest BCUT2D eigenvalue weighted by Crippen LogP contribution is -2.39. The van der Waals surface area contributed by atoms with E-state index in [0.717, 1.165) is 23.0 Å². The number of piperidine rings is 1. The van der Waals surface area contributed by atoms with Crippen LogP contribution in [-0.2, 0) is 6.42 Å². The van der Waals surface area contributed by atoms with Crippen molar-refractivity contribution in [1.29, 1.82) is 0 Å². The standard InChI is InChI=1S/C16H20ClN3O/c1-16(2)8-3-9-18-14(16)15-19-13(20-21-15)10-11-4-6-12(17)7-5-11/h4-7,14,18H,3,8-10H2,1-2H3. The van der Waals surface area contributed by atoms with E-state index in [0.29, 0.717) is 12.3 Å². The zero-order valence-electron chi connectivity index (χ0n) is 12.4.